The molecular formula is C15H21N3. The van der Waals surface area contributed by atoms with Crippen molar-refractivity contribution < 1.29 is 0 Å². The Morgan fingerprint density at radius 3 is 2.56 bits per heavy atom. The maximum absolute atomic E-state index is 4.75. The first-order valence-electron chi connectivity index (χ1n) is 6.27. The maximum Gasteiger partial charge on any atom is 0.126 e. The number of imidazole rings is 1. The fraction of sp³-hybridized carbons (Fsp3) is 0.400. The number of benzene rings is 1. The first-order valence-corrected chi connectivity index (χ1v) is 6.27. The van der Waals surface area contributed by atoms with Crippen molar-refractivity contribution >= 4 is 0 Å². The summed E-state index contributed by atoms with van der Waals surface area (Å²) in [5.74, 6) is 0.971. The Bertz CT molecular complexity index is 553. The summed E-state index contributed by atoms with van der Waals surface area (Å²) >= 11 is 0. The highest BCUT2D eigenvalue weighted by Gasteiger charge is 2.23. The fourth-order valence-corrected chi connectivity index (χ4v) is 1.95. The van der Waals surface area contributed by atoms with Gasteiger partial charge >= 0.3 is 0 Å². The standard InChI is InChI=1S/C15H21N3/c1-10-7-6-8-12(9-10)13-11(2)17-14(18-13)15(3,4)16-5/h6-9,16H,1-5H3,(H,17,18). The maximum atomic E-state index is 4.75. The van der Waals surface area contributed by atoms with Crippen molar-refractivity contribution in [2.75, 3.05) is 7.05 Å². The molecule has 0 amide bonds. The number of nitrogens with zero attached hydrogens (tertiary/aromatic N) is 1. The van der Waals surface area contributed by atoms with E-state index in [1.807, 2.05) is 7.05 Å². The predicted octanol–water partition coefficient (Wildman–Crippen LogP) is 3.15. The molecule has 3 nitrogen and oxygen atoms in total. The van der Waals surface area contributed by atoms with E-state index in [1.165, 1.54) is 11.1 Å². The van der Waals surface area contributed by atoms with Crippen molar-refractivity contribution in [1.29, 1.82) is 0 Å². The van der Waals surface area contributed by atoms with E-state index in [0.717, 1.165) is 17.2 Å². The summed E-state index contributed by atoms with van der Waals surface area (Å²) < 4.78 is 0. The van der Waals surface area contributed by atoms with Gasteiger partial charge < -0.3 is 10.3 Å². The van der Waals surface area contributed by atoms with Gasteiger partial charge in [-0.1, -0.05) is 23.8 Å². The lowest BCUT2D eigenvalue weighted by Crippen LogP contribution is -2.34. The zero-order chi connectivity index (χ0) is 13.3. The van der Waals surface area contributed by atoms with Gasteiger partial charge in [-0.05, 0) is 40.8 Å². The minimum absolute atomic E-state index is 0.146. The molecule has 0 aliphatic heterocycles. The highest BCUT2D eigenvalue weighted by Crippen LogP contribution is 2.25. The number of hydrogen-bond acceptors (Lipinski definition) is 2. The molecule has 1 aromatic carbocycles. The summed E-state index contributed by atoms with van der Waals surface area (Å²) in [4.78, 5) is 8.13. The van der Waals surface area contributed by atoms with E-state index in [4.69, 9.17) is 4.98 Å². The summed E-state index contributed by atoms with van der Waals surface area (Å²) in [6.07, 6.45) is 0. The van der Waals surface area contributed by atoms with Crippen molar-refractivity contribution in [2.45, 2.75) is 33.2 Å². The third-order valence-corrected chi connectivity index (χ3v) is 3.39. The number of aromatic amines is 1. The smallest absolute Gasteiger partial charge is 0.126 e. The average Bonchev–Trinajstić information content (AvgIpc) is 2.72. The highest BCUT2D eigenvalue weighted by molar-refractivity contribution is 5.62. The van der Waals surface area contributed by atoms with Crippen LogP contribution in [-0.2, 0) is 5.54 Å². The first kappa shape index (κ1) is 12.8. The average molecular weight is 243 g/mol. The number of rotatable bonds is 3. The van der Waals surface area contributed by atoms with Crippen LogP contribution < -0.4 is 5.32 Å². The second-order valence-corrected chi connectivity index (χ2v) is 5.30. The topological polar surface area (TPSA) is 40.7 Å². The number of aromatic nitrogens is 2. The van der Waals surface area contributed by atoms with Crippen LogP contribution in [0.5, 0.6) is 0 Å². The summed E-state index contributed by atoms with van der Waals surface area (Å²) in [7, 11) is 1.95. The molecule has 2 rings (SSSR count). The van der Waals surface area contributed by atoms with Crippen molar-refractivity contribution in [1.82, 2.24) is 15.3 Å². The van der Waals surface area contributed by atoms with Crippen molar-refractivity contribution in [3.05, 3.63) is 41.3 Å². The second-order valence-electron chi connectivity index (χ2n) is 5.30. The van der Waals surface area contributed by atoms with Crippen LogP contribution in [0.4, 0.5) is 0 Å². The van der Waals surface area contributed by atoms with Gasteiger partial charge in [0.05, 0.1) is 11.2 Å². The molecule has 1 aromatic heterocycles. The molecule has 18 heavy (non-hydrogen) atoms. The van der Waals surface area contributed by atoms with E-state index in [-0.39, 0.29) is 5.54 Å². The molecule has 2 aromatic rings. The molecule has 0 atom stereocenters. The Hall–Kier alpha value is -1.61. The third kappa shape index (κ3) is 2.31. The van der Waals surface area contributed by atoms with Crippen LogP contribution in [-0.4, -0.2) is 17.0 Å². The molecular weight excluding hydrogens is 222 g/mol. The number of nitrogens with one attached hydrogen (secondary N) is 2. The molecule has 0 saturated heterocycles. The predicted molar refractivity (Wildman–Crippen MR) is 75.6 cm³/mol. The first-order chi connectivity index (χ1) is 8.44. The second kappa shape index (κ2) is 4.58. The Balaban J connectivity index is 2.48. The molecule has 0 bridgehead atoms. The van der Waals surface area contributed by atoms with E-state index in [0.29, 0.717) is 0 Å². The summed E-state index contributed by atoms with van der Waals surface area (Å²) in [6, 6.07) is 8.44. The molecule has 1 heterocycles. The van der Waals surface area contributed by atoms with Gasteiger partial charge in [-0.3, -0.25) is 0 Å². The largest absolute Gasteiger partial charge is 0.344 e. The van der Waals surface area contributed by atoms with Gasteiger partial charge in [0.2, 0.25) is 0 Å². The highest BCUT2D eigenvalue weighted by atomic mass is 15.0. The fourth-order valence-electron chi connectivity index (χ4n) is 1.95. The van der Waals surface area contributed by atoms with E-state index >= 15 is 0 Å². The monoisotopic (exact) mass is 243 g/mol. The molecule has 0 spiro atoms. The SMILES string of the molecule is CNC(C)(C)c1nc(-c2cccc(C)c2)c(C)[nH]1. The van der Waals surface area contributed by atoms with Crippen LogP contribution in [0.15, 0.2) is 24.3 Å². The number of aryl methyl sites for hydroxylation is 2. The molecule has 96 valence electrons. The summed E-state index contributed by atoms with van der Waals surface area (Å²) in [5.41, 5.74) is 4.43. The molecule has 0 fully saturated rings. The molecule has 0 aliphatic rings. The lowest BCUT2D eigenvalue weighted by Gasteiger charge is -2.20. The van der Waals surface area contributed by atoms with E-state index in [2.05, 4.69) is 62.3 Å². The zero-order valence-electron chi connectivity index (χ0n) is 11.8. The van der Waals surface area contributed by atoms with Crippen molar-refractivity contribution in [2.24, 2.45) is 0 Å². The summed E-state index contributed by atoms with van der Waals surface area (Å²) in [5, 5.41) is 3.27. The van der Waals surface area contributed by atoms with Crippen molar-refractivity contribution in [3.8, 4) is 11.3 Å². The van der Waals surface area contributed by atoms with Crippen molar-refractivity contribution in [3.63, 3.8) is 0 Å². The van der Waals surface area contributed by atoms with Gasteiger partial charge in [-0.2, -0.15) is 0 Å². The van der Waals surface area contributed by atoms with Gasteiger partial charge in [-0.25, -0.2) is 4.98 Å². The molecule has 0 unspecified atom stereocenters. The Labute approximate surface area is 109 Å². The van der Waals surface area contributed by atoms with Gasteiger partial charge in [0.1, 0.15) is 5.82 Å². The zero-order valence-corrected chi connectivity index (χ0v) is 11.8. The van der Waals surface area contributed by atoms with Crippen LogP contribution in [0.1, 0.15) is 30.9 Å². The Kier molecular flexibility index (Phi) is 3.26. The minimum atomic E-state index is -0.146. The quantitative estimate of drug-likeness (QED) is 0.869. The third-order valence-electron chi connectivity index (χ3n) is 3.39. The molecule has 2 N–H and O–H groups in total. The lowest BCUT2D eigenvalue weighted by molar-refractivity contribution is 0.420. The van der Waals surface area contributed by atoms with Gasteiger partial charge in [0.15, 0.2) is 0 Å². The van der Waals surface area contributed by atoms with Crippen LogP contribution in [0.3, 0.4) is 0 Å². The van der Waals surface area contributed by atoms with Gasteiger partial charge in [-0.15, -0.1) is 0 Å². The van der Waals surface area contributed by atoms with E-state index in [1.54, 1.807) is 0 Å². The minimum Gasteiger partial charge on any atom is -0.344 e. The van der Waals surface area contributed by atoms with Crippen LogP contribution in [0, 0.1) is 13.8 Å². The molecule has 0 aliphatic carbocycles. The van der Waals surface area contributed by atoms with Gasteiger partial charge in [0.25, 0.3) is 0 Å². The van der Waals surface area contributed by atoms with Crippen LogP contribution >= 0.6 is 0 Å². The Morgan fingerprint density at radius 1 is 1.22 bits per heavy atom. The molecule has 0 radical (unpaired) electrons. The normalized spacial score (nSPS) is 11.8. The molecule has 0 saturated carbocycles. The number of hydrogen-bond donors (Lipinski definition) is 2. The van der Waals surface area contributed by atoms with Crippen LogP contribution in [0.25, 0.3) is 11.3 Å². The Morgan fingerprint density at radius 2 is 1.94 bits per heavy atom. The van der Waals surface area contributed by atoms with E-state index < -0.39 is 0 Å². The van der Waals surface area contributed by atoms with Gasteiger partial charge in [0, 0.05) is 11.3 Å². The number of H-pyrrole nitrogens is 1. The van der Waals surface area contributed by atoms with Crippen LogP contribution in [0.2, 0.25) is 0 Å². The lowest BCUT2D eigenvalue weighted by atomic mass is 10.1. The summed E-state index contributed by atoms with van der Waals surface area (Å²) in [6.45, 7) is 8.40. The molecule has 3 heteroatoms. The van der Waals surface area contributed by atoms with E-state index in [9.17, 15) is 0 Å².